The highest BCUT2D eigenvalue weighted by Crippen LogP contribution is 2.28. The number of nitrogens with one attached hydrogen (secondary N) is 1. The Morgan fingerprint density at radius 3 is 2.05 bits per heavy atom. The van der Waals surface area contributed by atoms with Crippen LogP contribution in [0.1, 0.15) is 40.2 Å². The molecule has 0 aliphatic carbocycles. The Bertz CT molecular complexity index is 517. The van der Waals surface area contributed by atoms with Crippen LogP contribution in [0.3, 0.4) is 0 Å². The zero-order valence-corrected chi connectivity index (χ0v) is 14.1. The van der Waals surface area contributed by atoms with E-state index in [0.717, 1.165) is 5.56 Å². The fraction of sp³-hybridized carbons (Fsp3) is 0.529. The molecule has 1 atom stereocenters. The van der Waals surface area contributed by atoms with Gasteiger partial charge in [-0.2, -0.15) is 0 Å². The first-order valence-electron chi connectivity index (χ1n) is 7.21. The minimum atomic E-state index is -0.852. The van der Waals surface area contributed by atoms with Crippen LogP contribution in [0.15, 0.2) is 30.3 Å². The Morgan fingerprint density at radius 1 is 1.05 bits per heavy atom. The summed E-state index contributed by atoms with van der Waals surface area (Å²) in [6.45, 7) is 9.05. The first kappa shape index (κ1) is 18.0. The smallest absolute Gasteiger partial charge is 0.408 e. The summed E-state index contributed by atoms with van der Waals surface area (Å²) >= 11 is 0. The predicted octanol–water partition coefficient (Wildman–Crippen LogP) is 3.03. The van der Waals surface area contributed by atoms with Crippen molar-refractivity contribution in [3.8, 4) is 0 Å². The van der Waals surface area contributed by atoms with Gasteiger partial charge in [-0.05, 0) is 26.3 Å². The molecule has 0 aliphatic rings. The minimum absolute atomic E-state index is 0.514. The molecule has 0 saturated carbocycles. The van der Waals surface area contributed by atoms with Crippen LogP contribution in [-0.2, 0) is 19.7 Å². The lowest BCUT2D eigenvalue weighted by Gasteiger charge is -2.34. The van der Waals surface area contributed by atoms with E-state index in [1.165, 1.54) is 7.11 Å². The van der Waals surface area contributed by atoms with E-state index in [1.807, 2.05) is 44.2 Å². The second-order valence-electron chi connectivity index (χ2n) is 6.69. The van der Waals surface area contributed by atoms with Gasteiger partial charge in [0.25, 0.3) is 0 Å². The summed E-state index contributed by atoms with van der Waals surface area (Å²) in [6, 6.07) is 8.64. The lowest BCUT2D eigenvalue weighted by atomic mass is 9.77. The van der Waals surface area contributed by atoms with Crippen molar-refractivity contribution in [1.82, 2.24) is 5.32 Å². The van der Waals surface area contributed by atoms with E-state index in [9.17, 15) is 9.59 Å². The highest BCUT2D eigenvalue weighted by atomic mass is 16.6. The molecular formula is C17H25NO4. The van der Waals surface area contributed by atoms with Crippen LogP contribution in [0.5, 0.6) is 0 Å². The molecule has 1 N–H and O–H groups in total. The van der Waals surface area contributed by atoms with Crippen molar-refractivity contribution in [2.45, 2.75) is 51.7 Å². The normalized spacial score (nSPS) is 13.2. The number of benzene rings is 1. The first-order valence-corrected chi connectivity index (χ1v) is 7.21. The van der Waals surface area contributed by atoms with E-state index >= 15 is 0 Å². The molecule has 0 heterocycles. The maximum Gasteiger partial charge on any atom is 0.408 e. The molecule has 1 amide bonds. The van der Waals surface area contributed by atoms with Gasteiger partial charge in [0.1, 0.15) is 11.6 Å². The van der Waals surface area contributed by atoms with Crippen LogP contribution in [0.2, 0.25) is 0 Å². The topological polar surface area (TPSA) is 64.6 Å². The molecule has 1 aromatic rings. The molecule has 0 radical (unpaired) electrons. The highest BCUT2D eigenvalue weighted by molar-refractivity contribution is 5.83. The summed E-state index contributed by atoms with van der Waals surface area (Å²) in [7, 11) is 1.30. The summed E-state index contributed by atoms with van der Waals surface area (Å²) < 4.78 is 10.1. The number of carbonyl (C=O) groups is 2. The lowest BCUT2D eigenvalue weighted by Crippen LogP contribution is -2.53. The van der Waals surface area contributed by atoms with Crippen molar-refractivity contribution in [3.05, 3.63) is 35.9 Å². The molecule has 5 heteroatoms. The molecule has 1 aromatic carbocycles. The summed E-state index contributed by atoms with van der Waals surface area (Å²) in [5, 5.41) is 2.63. The van der Waals surface area contributed by atoms with Gasteiger partial charge in [-0.1, -0.05) is 44.2 Å². The lowest BCUT2D eigenvalue weighted by molar-refractivity contribution is -0.144. The molecule has 0 spiro atoms. The Balaban J connectivity index is 3.03. The van der Waals surface area contributed by atoms with Gasteiger partial charge in [0.05, 0.1) is 7.11 Å². The maximum atomic E-state index is 12.1. The quantitative estimate of drug-likeness (QED) is 0.868. The zero-order valence-electron chi connectivity index (χ0n) is 14.1. The van der Waals surface area contributed by atoms with E-state index in [0.29, 0.717) is 0 Å². The molecular weight excluding hydrogens is 282 g/mol. The van der Waals surface area contributed by atoms with Gasteiger partial charge in [-0.15, -0.1) is 0 Å². The number of esters is 1. The van der Waals surface area contributed by atoms with Crippen molar-refractivity contribution >= 4 is 12.1 Å². The largest absolute Gasteiger partial charge is 0.467 e. The van der Waals surface area contributed by atoms with Gasteiger partial charge in [0.2, 0.25) is 0 Å². The average molecular weight is 307 g/mol. The van der Waals surface area contributed by atoms with E-state index in [2.05, 4.69) is 5.32 Å². The summed E-state index contributed by atoms with van der Waals surface area (Å²) in [6.07, 6.45) is -0.646. The number of carbonyl (C=O) groups excluding carboxylic acids is 2. The van der Waals surface area contributed by atoms with Gasteiger partial charge in [0.15, 0.2) is 0 Å². The van der Waals surface area contributed by atoms with Crippen molar-refractivity contribution < 1.29 is 19.1 Å². The molecule has 22 heavy (non-hydrogen) atoms. The van der Waals surface area contributed by atoms with E-state index < -0.39 is 29.1 Å². The van der Waals surface area contributed by atoms with Gasteiger partial charge < -0.3 is 14.8 Å². The fourth-order valence-electron chi connectivity index (χ4n) is 2.11. The van der Waals surface area contributed by atoms with Gasteiger partial charge in [-0.3, -0.25) is 0 Å². The summed E-state index contributed by atoms with van der Waals surface area (Å²) in [4.78, 5) is 24.2. The van der Waals surface area contributed by atoms with Crippen molar-refractivity contribution in [2.24, 2.45) is 0 Å². The number of amides is 1. The molecule has 1 rings (SSSR count). The molecule has 0 aromatic heterocycles. The third kappa shape index (κ3) is 4.76. The van der Waals surface area contributed by atoms with E-state index in [4.69, 9.17) is 9.47 Å². The predicted molar refractivity (Wildman–Crippen MR) is 84.6 cm³/mol. The van der Waals surface area contributed by atoms with Crippen molar-refractivity contribution in [1.29, 1.82) is 0 Å². The Hall–Kier alpha value is -2.04. The zero-order chi connectivity index (χ0) is 17.0. The first-order chi connectivity index (χ1) is 10.1. The molecule has 0 aliphatic heterocycles. The summed E-state index contributed by atoms with van der Waals surface area (Å²) in [5.74, 6) is -0.514. The van der Waals surface area contributed by atoms with Crippen LogP contribution in [0, 0.1) is 0 Å². The molecule has 122 valence electrons. The van der Waals surface area contributed by atoms with Gasteiger partial charge >= 0.3 is 12.1 Å². The molecule has 0 fully saturated rings. The average Bonchev–Trinajstić information content (AvgIpc) is 2.43. The maximum absolute atomic E-state index is 12.1. The number of hydrogen-bond acceptors (Lipinski definition) is 4. The molecule has 5 nitrogen and oxygen atoms in total. The SMILES string of the molecule is COC(=O)C(NC(=O)OC(C)(C)C)C(C)(C)c1ccccc1. The highest BCUT2D eigenvalue weighted by Gasteiger charge is 2.39. The molecule has 0 saturated heterocycles. The van der Waals surface area contributed by atoms with E-state index in [1.54, 1.807) is 20.8 Å². The third-order valence-electron chi connectivity index (χ3n) is 3.34. The van der Waals surface area contributed by atoms with Crippen LogP contribution < -0.4 is 5.32 Å². The number of hydrogen-bond donors (Lipinski definition) is 1. The fourth-order valence-corrected chi connectivity index (χ4v) is 2.11. The second-order valence-corrected chi connectivity index (χ2v) is 6.69. The van der Waals surface area contributed by atoms with Crippen LogP contribution >= 0.6 is 0 Å². The standard InChI is InChI=1S/C17H25NO4/c1-16(2,3)22-15(20)18-13(14(19)21-6)17(4,5)12-10-8-7-9-11-12/h7-11,13H,1-6H3,(H,18,20). The minimum Gasteiger partial charge on any atom is -0.467 e. The van der Waals surface area contributed by atoms with Crippen LogP contribution in [-0.4, -0.2) is 30.8 Å². The number of alkyl carbamates (subject to hydrolysis) is 1. The van der Waals surface area contributed by atoms with Crippen molar-refractivity contribution in [2.75, 3.05) is 7.11 Å². The second kappa shape index (κ2) is 6.81. The van der Waals surface area contributed by atoms with Crippen LogP contribution in [0.4, 0.5) is 4.79 Å². The number of rotatable bonds is 4. The molecule has 0 bridgehead atoms. The Kier molecular flexibility index (Phi) is 5.58. The van der Waals surface area contributed by atoms with E-state index in [-0.39, 0.29) is 0 Å². The monoisotopic (exact) mass is 307 g/mol. The molecule has 1 unspecified atom stereocenters. The van der Waals surface area contributed by atoms with Crippen LogP contribution in [0.25, 0.3) is 0 Å². The summed E-state index contributed by atoms with van der Waals surface area (Å²) in [5.41, 5.74) is -0.367. The number of methoxy groups -OCH3 is 1. The van der Waals surface area contributed by atoms with Gasteiger partial charge in [-0.25, -0.2) is 9.59 Å². The Morgan fingerprint density at radius 2 is 1.59 bits per heavy atom. The Labute approximate surface area is 132 Å². The number of ether oxygens (including phenoxy) is 2. The van der Waals surface area contributed by atoms with Crippen molar-refractivity contribution in [3.63, 3.8) is 0 Å². The van der Waals surface area contributed by atoms with Gasteiger partial charge in [0, 0.05) is 5.41 Å². The third-order valence-corrected chi connectivity index (χ3v) is 3.34.